The first-order chi connectivity index (χ1) is 8.57. The van der Waals surface area contributed by atoms with Crippen molar-refractivity contribution in [1.82, 2.24) is 8.61 Å². The van der Waals surface area contributed by atoms with Crippen LogP contribution in [0.5, 0.6) is 0 Å². The normalized spacial score (nSPS) is 18.7. The third kappa shape index (κ3) is 3.64. The van der Waals surface area contributed by atoms with Gasteiger partial charge >= 0.3 is 0 Å². The maximum Gasteiger partial charge on any atom is 0.282 e. The summed E-state index contributed by atoms with van der Waals surface area (Å²) in [6.45, 7) is 6.55. The fourth-order valence-corrected chi connectivity index (χ4v) is 4.15. The molecule has 108 valence electrons. The number of rotatable bonds is 7. The predicted octanol–water partition coefficient (Wildman–Crippen LogP) is 0.0127. The number of nitrogens with zero attached hydrogens (tertiary/aromatic N) is 2. The third-order valence-corrected chi connectivity index (χ3v) is 5.38. The Morgan fingerprint density at radius 1 is 1.28 bits per heavy atom. The van der Waals surface area contributed by atoms with E-state index in [2.05, 4.69) is 0 Å². The van der Waals surface area contributed by atoms with Gasteiger partial charge in [-0.3, -0.25) is 0 Å². The van der Waals surface area contributed by atoms with Gasteiger partial charge in [0.15, 0.2) is 0 Å². The molecule has 2 N–H and O–H groups in total. The van der Waals surface area contributed by atoms with Crippen LogP contribution in [0.25, 0.3) is 0 Å². The van der Waals surface area contributed by atoms with Crippen LogP contribution in [0.1, 0.15) is 26.7 Å². The Morgan fingerprint density at radius 3 is 2.28 bits per heavy atom. The molecule has 0 saturated carbocycles. The summed E-state index contributed by atoms with van der Waals surface area (Å²) >= 11 is 0. The van der Waals surface area contributed by atoms with Gasteiger partial charge in [0.25, 0.3) is 10.2 Å². The average molecular weight is 279 g/mol. The van der Waals surface area contributed by atoms with Gasteiger partial charge in [0.1, 0.15) is 0 Å². The summed E-state index contributed by atoms with van der Waals surface area (Å²) in [5, 5.41) is 0. The van der Waals surface area contributed by atoms with E-state index >= 15 is 0 Å². The van der Waals surface area contributed by atoms with Crippen LogP contribution in [-0.4, -0.2) is 62.5 Å². The van der Waals surface area contributed by atoms with Crippen molar-refractivity contribution in [3.05, 3.63) is 0 Å². The Hall–Kier alpha value is -0.210. The summed E-state index contributed by atoms with van der Waals surface area (Å²) in [7, 11) is -3.40. The maximum atomic E-state index is 12.6. The van der Waals surface area contributed by atoms with Crippen molar-refractivity contribution >= 4 is 10.2 Å². The quantitative estimate of drug-likeness (QED) is 0.712. The largest absolute Gasteiger partial charge is 0.379 e. The Balaban J connectivity index is 2.87. The molecule has 0 aliphatic carbocycles. The molecule has 1 fully saturated rings. The van der Waals surface area contributed by atoms with E-state index in [0.717, 1.165) is 12.8 Å². The first kappa shape index (κ1) is 15.8. The fourth-order valence-electron chi connectivity index (χ4n) is 2.24. The molecule has 0 aromatic rings. The van der Waals surface area contributed by atoms with Crippen LogP contribution in [0.15, 0.2) is 0 Å². The monoisotopic (exact) mass is 279 g/mol. The van der Waals surface area contributed by atoms with Crippen LogP contribution in [-0.2, 0) is 14.9 Å². The lowest BCUT2D eigenvalue weighted by Crippen LogP contribution is -2.52. The molecule has 0 aromatic carbocycles. The second-order valence-electron chi connectivity index (χ2n) is 4.39. The van der Waals surface area contributed by atoms with E-state index < -0.39 is 10.2 Å². The van der Waals surface area contributed by atoms with Crippen LogP contribution in [0, 0.1) is 0 Å². The van der Waals surface area contributed by atoms with Gasteiger partial charge in [-0.1, -0.05) is 13.8 Å². The molecule has 0 amide bonds. The van der Waals surface area contributed by atoms with Gasteiger partial charge in [-0.05, 0) is 12.8 Å². The van der Waals surface area contributed by atoms with Crippen LogP contribution < -0.4 is 5.73 Å². The zero-order valence-corrected chi connectivity index (χ0v) is 12.2. The first-order valence-electron chi connectivity index (χ1n) is 6.62. The van der Waals surface area contributed by atoms with E-state index in [1.807, 2.05) is 13.8 Å². The number of nitrogens with two attached hydrogens (primary N) is 1. The highest BCUT2D eigenvalue weighted by atomic mass is 32.2. The molecule has 18 heavy (non-hydrogen) atoms. The minimum atomic E-state index is -3.40. The molecule has 1 saturated heterocycles. The van der Waals surface area contributed by atoms with E-state index in [-0.39, 0.29) is 6.04 Å². The molecule has 7 heteroatoms. The molecule has 1 aliphatic heterocycles. The number of ether oxygens (including phenoxy) is 1. The van der Waals surface area contributed by atoms with Gasteiger partial charge in [-0.25, -0.2) is 0 Å². The summed E-state index contributed by atoms with van der Waals surface area (Å²) in [5.41, 5.74) is 5.55. The predicted molar refractivity (Wildman–Crippen MR) is 71.4 cm³/mol. The lowest BCUT2D eigenvalue weighted by Gasteiger charge is -2.35. The van der Waals surface area contributed by atoms with E-state index in [0.29, 0.717) is 39.4 Å². The molecule has 1 rings (SSSR count). The third-order valence-electron chi connectivity index (χ3n) is 3.29. The highest BCUT2D eigenvalue weighted by Crippen LogP contribution is 2.17. The van der Waals surface area contributed by atoms with Crippen LogP contribution in [0.3, 0.4) is 0 Å². The van der Waals surface area contributed by atoms with Crippen molar-refractivity contribution in [3.8, 4) is 0 Å². The number of hydrogen-bond acceptors (Lipinski definition) is 4. The zero-order valence-electron chi connectivity index (χ0n) is 11.3. The molecule has 1 heterocycles. The van der Waals surface area contributed by atoms with E-state index in [4.69, 9.17) is 10.5 Å². The van der Waals surface area contributed by atoms with E-state index in [1.165, 1.54) is 4.31 Å². The smallest absolute Gasteiger partial charge is 0.282 e. The van der Waals surface area contributed by atoms with Gasteiger partial charge < -0.3 is 10.5 Å². The first-order valence-corrected chi connectivity index (χ1v) is 8.02. The molecule has 0 aromatic heterocycles. The van der Waals surface area contributed by atoms with Gasteiger partial charge in [-0.2, -0.15) is 17.0 Å². The number of morpholine rings is 1. The standard InChI is InChI=1S/C11H25N3O3S/c1-3-11(4-2)14(6-5-12)18(15,16)13-7-9-17-10-8-13/h11H,3-10,12H2,1-2H3. The second kappa shape index (κ2) is 7.40. The van der Waals surface area contributed by atoms with Crippen LogP contribution >= 0.6 is 0 Å². The van der Waals surface area contributed by atoms with Crippen molar-refractivity contribution in [2.45, 2.75) is 32.7 Å². The van der Waals surface area contributed by atoms with E-state index in [9.17, 15) is 8.42 Å². The molecule has 0 bridgehead atoms. The highest BCUT2D eigenvalue weighted by molar-refractivity contribution is 7.86. The average Bonchev–Trinajstić information content (AvgIpc) is 2.40. The molecule has 6 nitrogen and oxygen atoms in total. The van der Waals surface area contributed by atoms with Gasteiger partial charge in [0.2, 0.25) is 0 Å². The van der Waals surface area contributed by atoms with Gasteiger partial charge in [0.05, 0.1) is 13.2 Å². The molecule has 0 radical (unpaired) electrons. The Labute approximate surface area is 110 Å². The van der Waals surface area contributed by atoms with Gasteiger partial charge in [-0.15, -0.1) is 0 Å². The summed E-state index contributed by atoms with van der Waals surface area (Å²) in [6, 6.07) is 0.0291. The maximum absolute atomic E-state index is 12.6. The Kier molecular flexibility index (Phi) is 6.51. The minimum Gasteiger partial charge on any atom is -0.379 e. The molecule has 0 spiro atoms. The molecule has 0 unspecified atom stereocenters. The van der Waals surface area contributed by atoms with Crippen molar-refractivity contribution in [2.24, 2.45) is 5.73 Å². The fraction of sp³-hybridized carbons (Fsp3) is 1.00. The van der Waals surface area contributed by atoms with Crippen molar-refractivity contribution in [3.63, 3.8) is 0 Å². The molecule has 1 aliphatic rings. The lowest BCUT2D eigenvalue weighted by molar-refractivity contribution is 0.0691. The van der Waals surface area contributed by atoms with Crippen molar-refractivity contribution in [2.75, 3.05) is 39.4 Å². The lowest BCUT2D eigenvalue weighted by atomic mass is 10.2. The minimum absolute atomic E-state index is 0.0291. The summed E-state index contributed by atoms with van der Waals surface area (Å²) < 4.78 is 33.4. The van der Waals surface area contributed by atoms with Crippen molar-refractivity contribution in [1.29, 1.82) is 0 Å². The van der Waals surface area contributed by atoms with Crippen LogP contribution in [0.2, 0.25) is 0 Å². The van der Waals surface area contributed by atoms with Gasteiger partial charge in [0, 0.05) is 32.2 Å². The second-order valence-corrected chi connectivity index (χ2v) is 6.27. The Bertz CT molecular complexity index is 324. The summed E-state index contributed by atoms with van der Waals surface area (Å²) in [5.74, 6) is 0. The molecular formula is C11H25N3O3S. The highest BCUT2D eigenvalue weighted by Gasteiger charge is 2.33. The van der Waals surface area contributed by atoms with Crippen molar-refractivity contribution < 1.29 is 13.2 Å². The SMILES string of the molecule is CCC(CC)N(CCN)S(=O)(=O)N1CCOCC1. The molecule has 0 atom stereocenters. The topological polar surface area (TPSA) is 75.9 Å². The van der Waals surface area contributed by atoms with E-state index in [1.54, 1.807) is 4.31 Å². The zero-order chi connectivity index (χ0) is 13.6. The number of hydrogen-bond donors (Lipinski definition) is 1. The summed E-state index contributed by atoms with van der Waals surface area (Å²) in [6.07, 6.45) is 1.61. The van der Waals surface area contributed by atoms with Crippen LogP contribution in [0.4, 0.5) is 0 Å². The Morgan fingerprint density at radius 2 is 1.83 bits per heavy atom. The summed E-state index contributed by atoms with van der Waals surface area (Å²) in [4.78, 5) is 0. The molecular weight excluding hydrogens is 254 g/mol.